The summed E-state index contributed by atoms with van der Waals surface area (Å²) in [5.74, 6) is -0.916. The highest BCUT2D eigenvalue weighted by Crippen LogP contribution is 2.31. The number of thioether (sulfide) groups is 1. The van der Waals surface area contributed by atoms with Crippen molar-refractivity contribution in [2.24, 2.45) is 0 Å². The second-order valence-corrected chi connectivity index (χ2v) is 7.19. The average Bonchev–Trinajstić information content (AvgIpc) is 2.35. The summed E-state index contributed by atoms with van der Waals surface area (Å²) in [6, 6.07) is 6.54. The SMILES string of the molecule is CCC(Sc1ccccc1S(=O)(=O)CC)C(=O)O. The van der Waals surface area contributed by atoms with Crippen LogP contribution in [0, 0.1) is 0 Å². The number of carboxylic acids is 1. The lowest BCUT2D eigenvalue weighted by Gasteiger charge is -2.12. The van der Waals surface area contributed by atoms with Crippen LogP contribution in [0.1, 0.15) is 20.3 Å². The minimum atomic E-state index is -3.32. The van der Waals surface area contributed by atoms with E-state index in [4.69, 9.17) is 5.11 Å². The van der Waals surface area contributed by atoms with E-state index >= 15 is 0 Å². The van der Waals surface area contributed by atoms with Crippen molar-refractivity contribution >= 4 is 27.6 Å². The Labute approximate surface area is 111 Å². The maximum absolute atomic E-state index is 11.9. The fourth-order valence-electron chi connectivity index (χ4n) is 1.42. The summed E-state index contributed by atoms with van der Waals surface area (Å²) in [6.07, 6.45) is 0.445. The van der Waals surface area contributed by atoms with Crippen LogP contribution in [-0.4, -0.2) is 30.5 Å². The smallest absolute Gasteiger partial charge is 0.316 e. The van der Waals surface area contributed by atoms with Gasteiger partial charge in [0.05, 0.1) is 10.6 Å². The van der Waals surface area contributed by atoms with Gasteiger partial charge in [-0.15, -0.1) is 11.8 Å². The molecule has 1 aromatic carbocycles. The molecule has 0 heterocycles. The van der Waals surface area contributed by atoms with Crippen molar-refractivity contribution in [2.75, 3.05) is 5.75 Å². The first-order chi connectivity index (χ1) is 8.42. The van der Waals surface area contributed by atoms with Crippen LogP contribution in [-0.2, 0) is 14.6 Å². The molecule has 0 radical (unpaired) electrons. The predicted molar refractivity (Wildman–Crippen MR) is 71.7 cm³/mol. The zero-order valence-corrected chi connectivity index (χ0v) is 11.9. The molecule has 100 valence electrons. The molecule has 0 aliphatic rings. The lowest BCUT2D eigenvalue weighted by atomic mass is 10.3. The van der Waals surface area contributed by atoms with Gasteiger partial charge < -0.3 is 5.11 Å². The Morgan fingerprint density at radius 1 is 1.33 bits per heavy atom. The van der Waals surface area contributed by atoms with E-state index in [2.05, 4.69) is 0 Å². The number of hydrogen-bond acceptors (Lipinski definition) is 4. The molecule has 0 saturated heterocycles. The zero-order valence-electron chi connectivity index (χ0n) is 10.3. The molecule has 0 aliphatic carbocycles. The molecule has 4 nitrogen and oxygen atoms in total. The summed E-state index contributed by atoms with van der Waals surface area (Å²) in [6.45, 7) is 3.34. The fraction of sp³-hybridized carbons (Fsp3) is 0.417. The molecule has 1 N–H and O–H groups in total. The van der Waals surface area contributed by atoms with E-state index in [-0.39, 0.29) is 10.6 Å². The monoisotopic (exact) mass is 288 g/mol. The number of benzene rings is 1. The van der Waals surface area contributed by atoms with Crippen molar-refractivity contribution in [2.45, 2.75) is 35.3 Å². The van der Waals surface area contributed by atoms with E-state index in [1.54, 1.807) is 32.0 Å². The van der Waals surface area contributed by atoms with Gasteiger partial charge in [-0.1, -0.05) is 26.0 Å². The Balaban J connectivity index is 3.14. The molecule has 6 heteroatoms. The standard InChI is InChI=1S/C12H16O4S2/c1-3-9(12(13)14)17-10-7-5-6-8-11(10)18(15,16)4-2/h5-9H,3-4H2,1-2H3,(H,13,14). The second-order valence-electron chi connectivity index (χ2n) is 3.70. The minimum absolute atomic E-state index is 0.00837. The minimum Gasteiger partial charge on any atom is -0.480 e. The van der Waals surface area contributed by atoms with Crippen molar-refractivity contribution < 1.29 is 18.3 Å². The topological polar surface area (TPSA) is 71.4 Å². The molecular formula is C12H16O4S2. The maximum atomic E-state index is 11.9. The summed E-state index contributed by atoms with van der Waals surface area (Å²) >= 11 is 1.09. The Hall–Kier alpha value is -1.01. The van der Waals surface area contributed by atoms with Gasteiger partial charge in [-0.25, -0.2) is 8.42 Å². The average molecular weight is 288 g/mol. The highest BCUT2D eigenvalue weighted by Gasteiger charge is 2.22. The molecule has 0 bridgehead atoms. The zero-order chi connectivity index (χ0) is 13.8. The van der Waals surface area contributed by atoms with Crippen LogP contribution in [0.4, 0.5) is 0 Å². The lowest BCUT2D eigenvalue weighted by molar-refractivity contribution is -0.136. The number of carboxylic acid groups (broad SMARTS) is 1. The van der Waals surface area contributed by atoms with E-state index < -0.39 is 21.1 Å². The molecule has 0 aromatic heterocycles. The third-order valence-corrected chi connectivity index (χ3v) is 5.82. The normalized spacial score (nSPS) is 13.2. The van der Waals surface area contributed by atoms with Gasteiger partial charge in [0, 0.05) is 4.90 Å². The fourth-order valence-corrected chi connectivity index (χ4v) is 3.83. The molecule has 18 heavy (non-hydrogen) atoms. The molecule has 0 aliphatic heterocycles. The Kier molecular flexibility index (Phi) is 5.22. The number of aliphatic carboxylic acids is 1. The van der Waals surface area contributed by atoms with Crippen LogP contribution in [0.5, 0.6) is 0 Å². The molecule has 1 aromatic rings. The van der Waals surface area contributed by atoms with Crippen LogP contribution in [0.3, 0.4) is 0 Å². The quantitative estimate of drug-likeness (QED) is 0.814. The van der Waals surface area contributed by atoms with Crippen molar-refractivity contribution in [3.63, 3.8) is 0 Å². The van der Waals surface area contributed by atoms with Crippen LogP contribution in [0.25, 0.3) is 0 Å². The van der Waals surface area contributed by atoms with Crippen molar-refractivity contribution in [3.05, 3.63) is 24.3 Å². The molecule has 0 fully saturated rings. The van der Waals surface area contributed by atoms with Crippen molar-refractivity contribution in [3.8, 4) is 0 Å². The van der Waals surface area contributed by atoms with Gasteiger partial charge in [-0.2, -0.15) is 0 Å². The van der Waals surface area contributed by atoms with Gasteiger partial charge in [0.15, 0.2) is 9.84 Å². The van der Waals surface area contributed by atoms with E-state index in [0.717, 1.165) is 11.8 Å². The van der Waals surface area contributed by atoms with Gasteiger partial charge in [-0.3, -0.25) is 4.79 Å². The summed E-state index contributed by atoms with van der Waals surface area (Å²) in [4.78, 5) is 11.7. The van der Waals surface area contributed by atoms with E-state index in [9.17, 15) is 13.2 Å². The number of hydrogen-bond donors (Lipinski definition) is 1. The molecule has 1 rings (SSSR count). The number of carbonyl (C=O) groups is 1. The van der Waals surface area contributed by atoms with Gasteiger partial charge in [0.2, 0.25) is 0 Å². The second kappa shape index (κ2) is 6.24. The first kappa shape index (κ1) is 15.0. The summed E-state index contributed by atoms with van der Waals surface area (Å²) in [5, 5.41) is 8.39. The van der Waals surface area contributed by atoms with Crippen LogP contribution in [0.15, 0.2) is 34.1 Å². The number of rotatable bonds is 6. The Bertz CT molecular complexity index is 523. The summed E-state index contributed by atoms with van der Waals surface area (Å²) < 4.78 is 23.8. The molecule has 1 atom stereocenters. The Morgan fingerprint density at radius 3 is 2.44 bits per heavy atom. The predicted octanol–water partition coefficient (Wildman–Crippen LogP) is 2.44. The largest absolute Gasteiger partial charge is 0.480 e. The summed E-state index contributed by atoms with van der Waals surface area (Å²) in [7, 11) is -3.32. The lowest BCUT2D eigenvalue weighted by Crippen LogP contribution is -2.15. The van der Waals surface area contributed by atoms with Crippen LogP contribution in [0.2, 0.25) is 0 Å². The molecule has 0 spiro atoms. The van der Waals surface area contributed by atoms with Crippen molar-refractivity contribution in [1.29, 1.82) is 0 Å². The molecule has 1 unspecified atom stereocenters. The first-order valence-corrected chi connectivity index (χ1v) is 8.16. The maximum Gasteiger partial charge on any atom is 0.316 e. The first-order valence-electron chi connectivity index (χ1n) is 5.63. The molecule has 0 amide bonds. The molecule has 0 saturated carbocycles. The third-order valence-electron chi connectivity index (χ3n) is 2.48. The van der Waals surface area contributed by atoms with Gasteiger partial charge in [0.25, 0.3) is 0 Å². The highest BCUT2D eigenvalue weighted by atomic mass is 32.2. The van der Waals surface area contributed by atoms with E-state index in [0.29, 0.717) is 11.3 Å². The van der Waals surface area contributed by atoms with E-state index in [1.807, 2.05) is 0 Å². The van der Waals surface area contributed by atoms with Crippen LogP contribution < -0.4 is 0 Å². The van der Waals surface area contributed by atoms with Crippen LogP contribution >= 0.6 is 11.8 Å². The molecular weight excluding hydrogens is 272 g/mol. The summed E-state index contributed by atoms with van der Waals surface area (Å²) in [5.41, 5.74) is 0. The van der Waals surface area contributed by atoms with E-state index in [1.165, 1.54) is 6.07 Å². The van der Waals surface area contributed by atoms with Gasteiger partial charge in [-0.05, 0) is 18.6 Å². The van der Waals surface area contributed by atoms with Crippen molar-refractivity contribution in [1.82, 2.24) is 0 Å². The number of sulfone groups is 1. The third kappa shape index (κ3) is 3.49. The highest BCUT2D eigenvalue weighted by molar-refractivity contribution is 8.01. The van der Waals surface area contributed by atoms with Gasteiger partial charge >= 0.3 is 5.97 Å². The Morgan fingerprint density at radius 2 is 1.94 bits per heavy atom. The van der Waals surface area contributed by atoms with Gasteiger partial charge in [0.1, 0.15) is 5.25 Å².